The molecule has 35 heavy (non-hydrogen) atoms. The fourth-order valence-electron chi connectivity index (χ4n) is 4.80. The maximum atomic E-state index is 13.8. The molecular formula is C29H27ClN2O2S. The highest BCUT2D eigenvalue weighted by atomic mass is 35.5. The smallest absolute Gasteiger partial charge is 0.254 e. The maximum Gasteiger partial charge on any atom is 0.254 e. The molecular weight excluding hydrogens is 476 g/mol. The largest absolute Gasteiger partial charge is 0.330 e. The second-order valence-electron chi connectivity index (χ2n) is 9.18. The number of thiophene rings is 1. The van der Waals surface area contributed by atoms with E-state index in [-0.39, 0.29) is 30.4 Å². The van der Waals surface area contributed by atoms with Crippen molar-refractivity contribution in [3.05, 3.63) is 105 Å². The highest BCUT2D eigenvalue weighted by Crippen LogP contribution is 2.38. The second-order valence-corrected chi connectivity index (χ2v) is 10.6. The summed E-state index contributed by atoms with van der Waals surface area (Å²) >= 11 is 7.87. The van der Waals surface area contributed by atoms with Crippen LogP contribution in [0.25, 0.3) is 10.8 Å². The maximum absolute atomic E-state index is 13.8. The average molecular weight is 503 g/mol. The van der Waals surface area contributed by atoms with Crippen LogP contribution in [0.2, 0.25) is 5.02 Å². The van der Waals surface area contributed by atoms with Crippen molar-refractivity contribution >= 4 is 45.5 Å². The zero-order chi connectivity index (χ0) is 24.5. The first-order chi connectivity index (χ1) is 16.9. The zero-order valence-electron chi connectivity index (χ0n) is 19.8. The Morgan fingerprint density at radius 1 is 1.03 bits per heavy atom. The molecule has 0 spiro atoms. The van der Waals surface area contributed by atoms with Gasteiger partial charge < -0.3 is 9.80 Å². The lowest BCUT2D eigenvalue weighted by molar-refractivity contribution is -0.134. The van der Waals surface area contributed by atoms with Gasteiger partial charge >= 0.3 is 0 Å². The van der Waals surface area contributed by atoms with E-state index in [0.29, 0.717) is 17.1 Å². The Hall–Kier alpha value is -3.15. The molecule has 3 aromatic carbocycles. The summed E-state index contributed by atoms with van der Waals surface area (Å²) in [5.74, 6) is -0.181. The molecule has 6 heteroatoms. The number of nitrogens with zero attached hydrogens (tertiary/aromatic N) is 2. The van der Waals surface area contributed by atoms with Crippen LogP contribution in [0.15, 0.2) is 78.2 Å². The third-order valence-electron chi connectivity index (χ3n) is 6.66. The molecule has 2 amide bonds. The topological polar surface area (TPSA) is 40.6 Å². The highest BCUT2D eigenvalue weighted by Gasteiger charge is 2.34. The number of hydrogen-bond acceptors (Lipinski definition) is 3. The quantitative estimate of drug-likeness (QED) is 0.309. The van der Waals surface area contributed by atoms with Gasteiger partial charge in [0.2, 0.25) is 5.91 Å². The SMILES string of the molecule is CC(C)N(CC(=O)N1CCc2sccc2[C@H]1c1ccc(Cl)cc1)C(=O)c1ccc2ccccc2c1. The Balaban J connectivity index is 1.43. The number of halogens is 1. The van der Waals surface area contributed by atoms with Crippen LogP contribution < -0.4 is 0 Å². The van der Waals surface area contributed by atoms with E-state index in [1.54, 1.807) is 16.2 Å². The van der Waals surface area contributed by atoms with Gasteiger partial charge in [-0.05, 0) is 77.9 Å². The number of rotatable bonds is 5. The van der Waals surface area contributed by atoms with Crippen molar-refractivity contribution in [3.63, 3.8) is 0 Å². The second kappa shape index (κ2) is 9.84. The van der Waals surface area contributed by atoms with Crippen molar-refractivity contribution < 1.29 is 9.59 Å². The minimum absolute atomic E-state index is 0.0346. The Labute approximate surface area is 214 Å². The lowest BCUT2D eigenvalue weighted by Crippen LogP contribution is -2.48. The first-order valence-corrected chi connectivity index (χ1v) is 13.1. The molecule has 2 heterocycles. The summed E-state index contributed by atoms with van der Waals surface area (Å²) in [5.41, 5.74) is 2.78. The Morgan fingerprint density at radius 2 is 1.77 bits per heavy atom. The Bertz CT molecular complexity index is 1380. The van der Waals surface area contributed by atoms with E-state index in [2.05, 4.69) is 11.4 Å². The van der Waals surface area contributed by atoms with Crippen molar-refractivity contribution in [2.24, 2.45) is 0 Å². The van der Waals surface area contributed by atoms with E-state index in [0.717, 1.165) is 28.3 Å². The van der Waals surface area contributed by atoms with E-state index in [1.807, 2.05) is 85.5 Å². The van der Waals surface area contributed by atoms with E-state index < -0.39 is 0 Å². The van der Waals surface area contributed by atoms with Gasteiger partial charge in [0.1, 0.15) is 6.54 Å². The van der Waals surface area contributed by atoms with Crippen LogP contribution in [0.1, 0.15) is 46.3 Å². The Morgan fingerprint density at radius 3 is 2.51 bits per heavy atom. The van der Waals surface area contributed by atoms with Crippen molar-refractivity contribution in [2.75, 3.05) is 13.1 Å². The molecule has 1 aromatic heterocycles. The molecule has 1 atom stereocenters. The van der Waals surface area contributed by atoms with Crippen LogP contribution in [-0.4, -0.2) is 40.7 Å². The lowest BCUT2D eigenvalue weighted by Gasteiger charge is -2.38. The van der Waals surface area contributed by atoms with Crippen LogP contribution >= 0.6 is 22.9 Å². The molecule has 178 valence electrons. The van der Waals surface area contributed by atoms with Crippen LogP contribution in [0.5, 0.6) is 0 Å². The summed E-state index contributed by atoms with van der Waals surface area (Å²) in [6.07, 6.45) is 0.823. The predicted octanol–water partition coefficient (Wildman–Crippen LogP) is 6.58. The van der Waals surface area contributed by atoms with Crippen LogP contribution in [0, 0.1) is 0 Å². The van der Waals surface area contributed by atoms with Gasteiger partial charge in [0.05, 0.1) is 6.04 Å². The van der Waals surface area contributed by atoms with E-state index in [1.165, 1.54) is 4.88 Å². The van der Waals surface area contributed by atoms with Crippen molar-refractivity contribution in [1.82, 2.24) is 9.80 Å². The average Bonchev–Trinajstić information content (AvgIpc) is 3.35. The molecule has 0 bridgehead atoms. The number of benzene rings is 3. The van der Waals surface area contributed by atoms with Crippen molar-refractivity contribution in [2.45, 2.75) is 32.4 Å². The minimum Gasteiger partial charge on any atom is -0.330 e. The molecule has 0 N–H and O–H groups in total. The summed E-state index contributed by atoms with van der Waals surface area (Å²) in [6, 6.07) is 23.2. The highest BCUT2D eigenvalue weighted by molar-refractivity contribution is 7.10. The molecule has 1 aliphatic rings. The summed E-state index contributed by atoms with van der Waals surface area (Å²) in [5, 5.41) is 4.85. The third kappa shape index (κ3) is 4.71. The van der Waals surface area contributed by atoms with Crippen LogP contribution in [-0.2, 0) is 11.2 Å². The van der Waals surface area contributed by atoms with Gasteiger partial charge in [-0.2, -0.15) is 0 Å². The monoisotopic (exact) mass is 502 g/mol. The normalized spacial score (nSPS) is 15.3. The zero-order valence-corrected chi connectivity index (χ0v) is 21.4. The number of hydrogen-bond donors (Lipinski definition) is 0. The van der Waals surface area contributed by atoms with Crippen LogP contribution in [0.4, 0.5) is 0 Å². The molecule has 5 rings (SSSR count). The van der Waals surface area contributed by atoms with Gasteiger partial charge in [0, 0.05) is 28.0 Å². The van der Waals surface area contributed by atoms with E-state index in [9.17, 15) is 9.59 Å². The standard InChI is InChI=1S/C29H27ClN2O2S/c1-19(2)32(29(34)23-8-7-20-5-3-4-6-22(20)17-23)18-27(33)31-15-13-26-25(14-16-35-26)28(31)21-9-11-24(30)12-10-21/h3-12,14,16-17,19,28H,13,15,18H2,1-2H3/t28-/m1/s1. The molecule has 0 saturated heterocycles. The van der Waals surface area contributed by atoms with Gasteiger partial charge in [0.15, 0.2) is 0 Å². The third-order valence-corrected chi connectivity index (χ3v) is 7.91. The number of carbonyl (C=O) groups excluding carboxylic acids is 2. The fourth-order valence-corrected chi connectivity index (χ4v) is 5.83. The Kier molecular flexibility index (Phi) is 6.63. The minimum atomic E-state index is -0.181. The number of carbonyl (C=O) groups is 2. The van der Waals surface area contributed by atoms with Gasteiger partial charge in [-0.3, -0.25) is 9.59 Å². The van der Waals surface area contributed by atoms with Gasteiger partial charge in [0.25, 0.3) is 5.91 Å². The van der Waals surface area contributed by atoms with Gasteiger partial charge in [-0.15, -0.1) is 11.3 Å². The van der Waals surface area contributed by atoms with Gasteiger partial charge in [-0.1, -0.05) is 54.1 Å². The number of fused-ring (bicyclic) bond motifs is 2. The van der Waals surface area contributed by atoms with Crippen molar-refractivity contribution in [3.8, 4) is 0 Å². The summed E-state index contributed by atoms with van der Waals surface area (Å²) in [6.45, 7) is 4.56. The molecule has 4 nitrogen and oxygen atoms in total. The molecule has 0 fully saturated rings. The molecule has 1 aliphatic heterocycles. The first kappa shape index (κ1) is 23.6. The molecule has 0 unspecified atom stereocenters. The van der Waals surface area contributed by atoms with Crippen molar-refractivity contribution in [1.29, 1.82) is 0 Å². The molecule has 4 aromatic rings. The lowest BCUT2D eigenvalue weighted by atomic mass is 9.93. The predicted molar refractivity (Wildman–Crippen MR) is 143 cm³/mol. The van der Waals surface area contributed by atoms with E-state index >= 15 is 0 Å². The summed E-state index contributed by atoms with van der Waals surface area (Å²) in [7, 11) is 0. The number of amides is 2. The molecule has 0 radical (unpaired) electrons. The fraction of sp³-hybridized carbons (Fsp3) is 0.241. The van der Waals surface area contributed by atoms with E-state index in [4.69, 9.17) is 11.6 Å². The summed E-state index contributed by atoms with van der Waals surface area (Å²) in [4.78, 5) is 32.2. The first-order valence-electron chi connectivity index (χ1n) is 11.8. The molecule has 0 aliphatic carbocycles. The van der Waals surface area contributed by atoms with Crippen LogP contribution in [0.3, 0.4) is 0 Å². The summed E-state index contributed by atoms with van der Waals surface area (Å²) < 4.78 is 0. The van der Waals surface area contributed by atoms with Gasteiger partial charge in [-0.25, -0.2) is 0 Å². The molecule has 0 saturated carbocycles.